The van der Waals surface area contributed by atoms with Crippen molar-refractivity contribution in [1.29, 1.82) is 0 Å². The van der Waals surface area contributed by atoms with Crippen LogP contribution in [0.15, 0.2) is 33.8 Å². The molecule has 0 aliphatic carbocycles. The zero-order chi connectivity index (χ0) is 23.9. The van der Waals surface area contributed by atoms with Crippen LogP contribution in [0.25, 0.3) is 22.6 Å². The van der Waals surface area contributed by atoms with Crippen LogP contribution in [0.3, 0.4) is 0 Å². The van der Waals surface area contributed by atoms with Crippen molar-refractivity contribution in [2.75, 3.05) is 17.3 Å². The molecule has 0 saturated heterocycles. The highest BCUT2D eigenvalue weighted by Gasteiger charge is 2.33. The number of nitrogens with zero attached hydrogens (tertiary/aromatic N) is 5. The molecule has 0 saturated carbocycles. The van der Waals surface area contributed by atoms with E-state index in [0.717, 1.165) is 12.3 Å². The fourth-order valence-corrected chi connectivity index (χ4v) is 5.23. The zero-order valence-corrected chi connectivity index (χ0v) is 19.5. The fraction of sp³-hybridized carbons (Fsp3) is 0.421. The van der Waals surface area contributed by atoms with Crippen LogP contribution < -0.4 is 0 Å². The lowest BCUT2D eigenvalue weighted by Crippen LogP contribution is -2.09. The molecule has 0 fully saturated rings. The Hall–Kier alpha value is -2.54. The molecule has 0 atom stereocenters. The number of aryl methyl sites for hydroxylation is 1. The molecule has 3 heterocycles. The van der Waals surface area contributed by atoms with Gasteiger partial charge in [0.2, 0.25) is 0 Å². The minimum Gasteiger partial charge on any atom is -0.324 e. The minimum atomic E-state index is -4.64. The number of aromatic nitrogens is 4. The van der Waals surface area contributed by atoms with Crippen LogP contribution >= 0.6 is 0 Å². The van der Waals surface area contributed by atoms with Gasteiger partial charge in [-0.3, -0.25) is 0 Å². The number of hydrogen-bond donors (Lipinski definition) is 0. The quantitative estimate of drug-likeness (QED) is 0.518. The van der Waals surface area contributed by atoms with E-state index in [2.05, 4.69) is 19.3 Å². The van der Waals surface area contributed by atoms with E-state index in [-0.39, 0.29) is 38.9 Å². The number of hydrogen-bond acceptors (Lipinski definition) is 7. The normalized spacial score (nSPS) is 13.0. The third kappa shape index (κ3) is 4.49. The molecular weight excluding hydrogens is 467 g/mol. The van der Waals surface area contributed by atoms with Crippen LogP contribution in [-0.4, -0.2) is 49.4 Å². The lowest BCUT2D eigenvalue weighted by Gasteiger charge is -2.10. The van der Waals surface area contributed by atoms with Gasteiger partial charge in [0.05, 0.1) is 49.5 Å². The van der Waals surface area contributed by atoms with E-state index < -0.39 is 31.4 Å². The zero-order valence-electron chi connectivity index (χ0n) is 17.8. The first kappa shape index (κ1) is 24.1. The van der Waals surface area contributed by atoms with Crippen LogP contribution in [0.1, 0.15) is 26.5 Å². The average molecular weight is 490 g/mol. The average Bonchev–Trinajstić information content (AvgIpc) is 3.08. The van der Waals surface area contributed by atoms with E-state index in [4.69, 9.17) is 0 Å². The maximum Gasteiger partial charge on any atom is 0.433 e. The smallest absolute Gasteiger partial charge is 0.324 e. The second-order valence-electron chi connectivity index (χ2n) is 6.94. The maximum absolute atomic E-state index is 13.0. The number of fused-ring (bicyclic) bond motifs is 1. The maximum atomic E-state index is 13.0. The molecule has 0 aliphatic rings. The molecule has 3 aromatic rings. The Bertz CT molecular complexity index is 1400. The van der Waals surface area contributed by atoms with Gasteiger partial charge in [-0.05, 0) is 12.1 Å². The third-order valence-electron chi connectivity index (χ3n) is 5.00. The van der Waals surface area contributed by atoms with Crippen molar-refractivity contribution < 1.29 is 25.8 Å². The van der Waals surface area contributed by atoms with Crippen LogP contribution in [0.2, 0.25) is 0 Å². The van der Waals surface area contributed by atoms with Crippen LogP contribution in [0.4, 0.5) is 18.9 Å². The number of imidazole rings is 1. The molecule has 0 aromatic carbocycles. The fourth-order valence-electron chi connectivity index (χ4n) is 3.03. The van der Waals surface area contributed by atoms with E-state index in [1.807, 2.05) is 0 Å². The summed E-state index contributed by atoms with van der Waals surface area (Å²) < 4.78 is 83.1. The number of rotatable bonds is 6. The van der Waals surface area contributed by atoms with Gasteiger partial charge in [0.25, 0.3) is 0 Å². The van der Waals surface area contributed by atoms with Gasteiger partial charge in [-0.15, -0.1) is 0 Å². The first-order chi connectivity index (χ1) is 14.8. The summed E-state index contributed by atoms with van der Waals surface area (Å²) in [6.07, 6.45) is -2.33. The number of halogens is 3. The van der Waals surface area contributed by atoms with Gasteiger partial charge >= 0.3 is 6.18 Å². The summed E-state index contributed by atoms with van der Waals surface area (Å²) in [5.74, 6) is 0.401. The molecule has 0 aliphatic heterocycles. The van der Waals surface area contributed by atoms with Crippen molar-refractivity contribution in [2.24, 2.45) is 11.4 Å². The Balaban J connectivity index is 2.29. The SMILES string of the molecule is CCS(=O)(=O)c1cc(N=S(=O)(CC)CC)cnc1-c1nc2cc(C(F)(F)F)ncc2n1C. The van der Waals surface area contributed by atoms with E-state index >= 15 is 0 Å². The first-order valence-electron chi connectivity index (χ1n) is 9.70. The lowest BCUT2D eigenvalue weighted by molar-refractivity contribution is -0.141. The van der Waals surface area contributed by atoms with Crippen LogP contribution in [0, 0.1) is 0 Å². The topological polar surface area (TPSA) is 107 Å². The summed E-state index contributed by atoms with van der Waals surface area (Å²) in [6.45, 7) is 4.91. The van der Waals surface area contributed by atoms with Crippen LogP contribution in [-0.2, 0) is 32.8 Å². The molecule has 3 rings (SSSR count). The Labute approximate surface area is 184 Å². The van der Waals surface area contributed by atoms with E-state index in [1.54, 1.807) is 13.8 Å². The third-order valence-corrected chi connectivity index (χ3v) is 9.09. The van der Waals surface area contributed by atoms with Crippen molar-refractivity contribution >= 4 is 36.3 Å². The molecule has 0 spiro atoms. The monoisotopic (exact) mass is 489 g/mol. The van der Waals surface area contributed by atoms with Gasteiger partial charge in [-0.25, -0.2) is 27.6 Å². The van der Waals surface area contributed by atoms with E-state index in [1.165, 1.54) is 30.8 Å². The molecule has 32 heavy (non-hydrogen) atoms. The molecule has 13 heteroatoms. The Morgan fingerprint density at radius 3 is 2.22 bits per heavy atom. The first-order valence-corrected chi connectivity index (χ1v) is 13.2. The van der Waals surface area contributed by atoms with Crippen molar-refractivity contribution in [3.63, 3.8) is 0 Å². The molecule has 0 radical (unpaired) electrons. The summed E-state index contributed by atoms with van der Waals surface area (Å²) in [5.41, 5.74) is -0.706. The number of pyridine rings is 2. The highest BCUT2D eigenvalue weighted by Crippen LogP contribution is 2.33. The number of alkyl halides is 3. The van der Waals surface area contributed by atoms with Crippen molar-refractivity contribution in [3.8, 4) is 11.5 Å². The molecule has 8 nitrogen and oxygen atoms in total. The van der Waals surface area contributed by atoms with E-state index in [0.29, 0.717) is 11.5 Å². The summed E-state index contributed by atoms with van der Waals surface area (Å²) in [5, 5.41) is 0. The predicted molar refractivity (Wildman–Crippen MR) is 116 cm³/mol. The molecule has 0 unspecified atom stereocenters. The molecule has 3 aromatic heterocycles. The molecule has 174 valence electrons. The molecule has 0 amide bonds. The Morgan fingerprint density at radius 2 is 1.66 bits per heavy atom. The van der Waals surface area contributed by atoms with Crippen molar-refractivity contribution in [2.45, 2.75) is 31.8 Å². The standard InChI is InChI=1S/C19H22F3N5O3S2/c1-5-31(28,6-2)26-12-8-15(32(29,30)7-3)17(24-10-12)18-25-13-9-16(19(20,21)22)23-11-14(13)27(18)4/h8-11H,5-7H2,1-4H3. The summed E-state index contributed by atoms with van der Waals surface area (Å²) in [7, 11) is -4.84. The van der Waals surface area contributed by atoms with E-state index in [9.17, 15) is 25.8 Å². The molecule has 0 bridgehead atoms. The van der Waals surface area contributed by atoms with Crippen LogP contribution in [0.5, 0.6) is 0 Å². The Kier molecular flexibility index (Phi) is 6.35. The summed E-state index contributed by atoms with van der Waals surface area (Å²) in [4.78, 5) is 11.7. The van der Waals surface area contributed by atoms with Gasteiger partial charge in [-0.2, -0.15) is 17.5 Å². The summed E-state index contributed by atoms with van der Waals surface area (Å²) in [6, 6.07) is 2.08. The molecule has 0 N–H and O–H groups in total. The second-order valence-corrected chi connectivity index (χ2v) is 12.1. The minimum absolute atomic E-state index is 0.000205. The van der Waals surface area contributed by atoms with Gasteiger partial charge in [-0.1, -0.05) is 20.8 Å². The Morgan fingerprint density at radius 1 is 1.00 bits per heavy atom. The highest BCUT2D eigenvalue weighted by molar-refractivity contribution is 7.93. The van der Waals surface area contributed by atoms with Crippen molar-refractivity contribution in [3.05, 3.63) is 30.2 Å². The van der Waals surface area contributed by atoms with Crippen molar-refractivity contribution in [1.82, 2.24) is 19.5 Å². The molecular formula is C19H22F3N5O3S2. The van der Waals surface area contributed by atoms with Gasteiger partial charge in [0.15, 0.2) is 15.7 Å². The second kappa shape index (κ2) is 8.43. The summed E-state index contributed by atoms with van der Waals surface area (Å²) >= 11 is 0. The number of sulfone groups is 1. The van der Waals surface area contributed by atoms with Gasteiger partial charge in [0, 0.05) is 18.6 Å². The lowest BCUT2D eigenvalue weighted by atomic mass is 10.3. The predicted octanol–water partition coefficient (Wildman–Crippen LogP) is 3.98. The largest absolute Gasteiger partial charge is 0.433 e. The highest BCUT2D eigenvalue weighted by atomic mass is 32.2. The van der Waals surface area contributed by atoms with Gasteiger partial charge in [0.1, 0.15) is 11.4 Å². The van der Waals surface area contributed by atoms with Gasteiger partial charge < -0.3 is 4.57 Å².